The number of phenolic OH excluding ortho intramolecular Hbond substituents is 1. The fraction of sp³-hybridized carbons (Fsp3) is 0.364. The van der Waals surface area contributed by atoms with E-state index in [1.165, 1.54) is 13.0 Å². The fourth-order valence-electron chi connectivity index (χ4n) is 1.71. The highest BCUT2D eigenvalue weighted by Gasteiger charge is 2.33. The molecule has 4 nitrogen and oxygen atoms in total. The molecule has 0 bridgehead atoms. The molecule has 2 atom stereocenters. The van der Waals surface area contributed by atoms with Crippen molar-refractivity contribution in [1.82, 2.24) is 0 Å². The molecule has 0 saturated heterocycles. The summed E-state index contributed by atoms with van der Waals surface area (Å²) in [5.41, 5.74) is 0.801. The molecule has 1 aromatic carbocycles. The molecule has 2 rings (SSSR count). The van der Waals surface area contributed by atoms with Gasteiger partial charge in [-0.2, -0.15) is 0 Å². The summed E-state index contributed by atoms with van der Waals surface area (Å²) in [6, 6.07) is 4.79. The maximum absolute atomic E-state index is 10.9. The summed E-state index contributed by atoms with van der Waals surface area (Å²) >= 11 is 0. The Bertz CT molecular complexity index is 400. The van der Waals surface area contributed by atoms with Gasteiger partial charge in [-0.05, 0) is 19.1 Å². The lowest BCUT2D eigenvalue weighted by molar-refractivity contribution is -0.149. The highest BCUT2D eigenvalue weighted by atomic mass is 16.6. The predicted octanol–water partition coefficient (Wildman–Crippen LogP) is 1.78. The number of phenols is 1. The van der Waals surface area contributed by atoms with Crippen LogP contribution < -0.4 is 4.74 Å². The molecule has 0 radical (unpaired) electrons. The Morgan fingerprint density at radius 1 is 1.53 bits per heavy atom. The summed E-state index contributed by atoms with van der Waals surface area (Å²) in [6.45, 7) is 3.19. The molecular formula is C11H12O4. The topological polar surface area (TPSA) is 55.8 Å². The van der Waals surface area contributed by atoms with Crippen molar-refractivity contribution in [3.63, 3.8) is 0 Å². The van der Waals surface area contributed by atoms with Crippen LogP contribution >= 0.6 is 0 Å². The monoisotopic (exact) mass is 208 g/mol. The molecule has 1 heterocycles. The third-order valence-electron chi connectivity index (χ3n) is 2.34. The van der Waals surface area contributed by atoms with Gasteiger partial charge in [0.05, 0.1) is 0 Å². The third kappa shape index (κ3) is 1.75. The zero-order valence-electron chi connectivity index (χ0n) is 8.56. The second-order valence-electron chi connectivity index (χ2n) is 3.58. The summed E-state index contributed by atoms with van der Waals surface area (Å²) in [5, 5.41) is 9.26. The van der Waals surface area contributed by atoms with E-state index in [0.717, 1.165) is 5.56 Å². The molecule has 1 aliphatic rings. The highest BCUT2D eigenvalue weighted by Crippen LogP contribution is 2.40. The van der Waals surface area contributed by atoms with Crippen molar-refractivity contribution in [3.8, 4) is 11.5 Å². The van der Waals surface area contributed by atoms with Crippen molar-refractivity contribution in [2.75, 3.05) is 0 Å². The van der Waals surface area contributed by atoms with Crippen LogP contribution in [0.5, 0.6) is 11.5 Å². The van der Waals surface area contributed by atoms with Gasteiger partial charge in [-0.3, -0.25) is 4.79 Å². The average Bonchev–Trinajstić information content (AvgIpc) is 2.41. The number of fused-ring (bicyclic) bond motifs is 1. The van der Waals surface area contributed by atoms with Crippen LogP contribution in [0.1, 0.15) is 25.5 Å². The molecule has 0 saturated carbocycles. The smallest absolute Gasteiger partial charge is 0.303 e. The van der Waals surface area contributed by atoms with Gasteiger partial charge in [-0.1, -0.05) is 0 Å². The zero-order chi connectivity index (χ0) is 11.0. The van der Waals surface area contributed by atoms with Crippen molar-refractivity contribution in [2.45, 2.75) is 26.1 Å². The molecule has 0 spiro atoms. The summed E-state index contributed by atoms with van der Waals surface area (Å²) in [4.78, 5) is 10.9. The average molecular weight is 208 g/mol. The first-order valence-corrected chi connectivity index (χ1v) is 4.74. The van der Waals surface area contributed by atoms with Crippen molar-refractivity contribution >= 4 is 5.97 Å². The quantitative estimate of drug-likeness (QED) is 0.715. The van der Waals surface area contributed by atoms with E-state index in [0.29, 0.717) is 5.75 Å². The number of esters is 1. The van der Waals surface area contributed by atoms with Gasteiger partial charge in [0.1, 0.15) is 17.6 Å². The summed E-state index contributed by atoms with van der Waals surface area (Å²) < 4.78 is 10.6. The van der Waals surface area contributed by atoms with E-state index in [1.54, 1.807) is 12.1 Å². The Labute approximate surface area is 87.4 Å². The molecular weight excluding hydrogens is 196 g/mol. The minimum absolute atomic E-state index is 0.143. The molecule has 0 aromatic heterocycles. The molecule has 15 heavy (non-hydrogen) atoms. The number of hydrogen-bond donors (Lipinski definition) is 1. The van der Waals surface area contributed by atoms with Crippen LogP contribution in [-0.2, 0) is 9.53 Å². The first kappa shape index (κ1) is 9.83. The van der Waals surface area contributed by atoms with Crippen LogP contribution in [-0.4, -0.2) is 17.2 Å². The van der Waals surface area contributed by atoms with E-state index in [1.807, 2.05) is 6.92 Å². The van der Waals surface area contributed by atoms with Crippen molar-refractivity contribution < 1.29 is 19.4 Å². The van der Waals surface area contributed by atoms with Gasteiger partial charge in [0.25, 0.3) is 0 Å². The molecule has 4 heteroatoms. The molecule has 0 aliphatic carbocycles. The van der Waals surface area contributed by atoms with E-state index in [9.17, 15) is 9.90 Å². The molecule has 1 aliphatic heterocycles. The number of carbonyl (C=O) groups is 1. The lowest BCUT2D eigenvalue weighted by atomic mass is 10.1. The first-order chi connectivity index (χ1) is 7.08. The Morgan fingerprint density at radius 2 is 2.27 bits per heavy atom. The number of hydrogen-bond acceptors (Lipinski definition) is 4. The second kappa shape index (κ2) is 3.46. The molecule has 1 unspecified atom stereocenters. The first-order valence-electron chi connectivity index (χ1n) is 4.74. The van der Waals surface area contributed by atoms with Gasteiger partial charge >= 0.3 is 5.97 Å². The van der Waals surface area contributed by atoms with Crippen LogP contribution in [0.25, 0.3) is 0 Å². The second-order valence-corrected chi connectivity index (χ2v) is 3.58. The summed E-state index contributed by atoms with van der Waals surface area (Å²) in [5.74, 6) is 0.384. The number of rotatable bonds is 1. The number of aromatic hydroxyl groups is 1. The van der Waals surface area contributed by atoms with Gasteiger partial charge in [-0.15, -0.1) is 0 Å². The fourth-order valence-corrected chi connectivity index (χ4v) is 1.71. The van der Waals surface area contributed by atoms with Crippen LogP contribution in [0.4, 0.5) is 0 Å². The van der Waals surface area contributed by atoms with Crippen LogP contribution in [0.15, 0.2) is 18.2 Å². The Balaban J connectivity index is 2.33. The Morgan fingerprint density at radius 3 is 2.93 bits per heavy atom. The maximum atomic E-state index is 10.9. The van der Waals surface area contributed by atoms with E-state index >= 15 is 0 Å². The molecule has 0 amide bonds. The predicted molar refractivity (Wildman–Crippen MR) is 52.7 cm³/mol. The minimum atomic E-state index is -0.377. The Kier molecular flexibility index (Phi) is 2.26. The maximum Gasteiger partial charge on any atom is 0.303 e. The van der Waals surface area contributed by atoms with Crippen molar-refractivity contribution in [3.05, 3.63) is 23.8 Å². The van der Waals surface area contributed by atoms with Gasteiger partial charge < -0.3 is 14.6 Å². The van der Waals surface area contributed by atoms with Gasteiger partial charge in [0.2, 0.25) is 0 Å². The van der Waals surface area contributed by atoms with E-state index in [4.69, 9.17) is 9.47 Å². The van der Waals surface area contributed by atoms with E-state index in [-0.39, 0.29) is 23.9 Å². The van der Waals surface area contributed by atoms with Gasteiger partial charge in [0, 0.05) is 18.6 Å². The number of ether oxygens (including phenoxy) is 2. The molecule has 1 aromatic rings. The molecule has 1 N–H and O–H groups in total. The summed E-state index contributed by atoms with van der Waals surface area (Å²) in [6.07, 6.45) is -0.594. The Hall–Kier alpha value is -1.71. The molecule has 80 valence electrons. The largest absolute Gasteiger partial charge is 0.508 e. The van der Waals surface area contributed by atoms with Crippen molar-refractivity contribution in [1.29, 1.82) is 0 Å². The lowest BCUT2D eigenvalue weighted by Crippen LogP contribution is -2.18. The number of carbonyl (C=O) groups excluding carboxylic acids is 1. The van der Waals surface area contributed by atoms with Gasteiger partial charge in [0.15, 0.2) is 6.10 Å². The normalized spacial score (nSPS) is 23.1. The third-order valence-corrected chi connectivity index (χ3v) is 2.34. The highest BCUT2D eigenvalue weighted by molar-refractivity contribution is 5.66. The van der Waals surface area contributed by atoms with Crippen LogP contribution in [0, 0.1) is 0 Å². The van der Waals surface area contributed by atoms with Crippen molar-refractivity contribution in [2.24, 2.45) is 0 Å². The standard InChI is InChI=1S/C11H12O4/c1-6-11(15-7(2)12)9-4-3-8(13)5-10(9)14-6/h3-6,11,13H,1-2H3/t6?,11-/m1/s1. The lowest BCUT2D eigenvalue weighted by Gasteiger charge is -2.14. The van der Waals surface area contributed by atoms with Crippen LogP contribution in [0.2, 0.25) is 0 Å². The van der Waals surface area contributed by atoms with Crippen LogP contribution in [0.3, 0.4) is 0 Å². The van der Waals surface area contributed by atoms with Gasteiger partial charge in [-0.25, -0.2) is 0 Å². The van der Waals surface area contributed by atoms with E-state index in [2.05, 4.69) is 0 Å². The minimum Gasteiger partial charge on any atom is -0.508 e. The summed E-state index contributed by atoms with van der Waals surface area (Å²) in [7, 11) is 0. The van der Waals surface area contributed by atoms with E-state index < -0.39 is 0 Å². The zero-order valence-corrected chi connectivity index (χ0v) is 8.56. The molecule has 0 fully saturated rings. The SMILES string of the molecule is CC(=O)O[C@H]1c2ccc(O)cc2OC1C. The number of benzene rings is 1.